The van der Waals surface area contributed by atoms with E-state index in [0.717, 1.165) is 40.8 Å². The van der Waals surface area contributed by atoms with Gasteiger partial charge in [-0.15, -0.1) is 17.8 Å². The van der Waals surface area contributed by atoms with Gasteiger partial charge in [-0.05, 0) is 143 Å². The third-order valence-electron chi connectivity index (χ3n) is 18.6. The quantitative estimate of drug-likeness (QED) is 0.130. The summed E-state index contributed by atoms with van der Waals surface area (Å²) in [6.45, 7) is 19.1. The smallest absolute Gasteiger partial charge is 0.264 e. The van der Waals surface area contributed by atoms with Crippen LogP contribution in [-0.2, 0) is 16.2 Å². The van der Waals surface area contributed by atoms with Crippen LogP contribution in [0, 0.1) is 19.3 Å². The molecule has 2 aromatic heterocycles. The molecule has 0 saturated heterocycles. The highest BCUT2D eigenvalue weighted by Gasteiger charge is 2.59. The van der Waals surface area contributed by atoms with Crippen LogP contribution < -0.4 is 30.4 Å². The summed E-state index contributed by atoms with van der Waals surface area (Å²) in [5.41, 5.74) is 25.5. The zero-order chi connectivity index (χ0) is 49.0. The summed E-state index contributed by atoms with van der Waals surface area (Å²) in [7, 11) is 0. The fourth-order valence-electron chi connectivity index (χ4n) is 14.9. The van der Waals surface area contributed by atoms with E-state index in [-0.39, 0.29) is 28.5 Å². The highest BCUT2D eigenvalue weighted by Crippen LogP contribution is 2.64. The number of hydrogen-bond donors (Lipinski definition) is 0. The number of terminal acetylenes is 1. The van der Waals surface area contributed by atoms with Crippen molar-refractivity contribution in [2.24, 2.45) is 0 Å². The van der Waals surface area contributed by atoms with Crippen LogP contribution >= 0.6 is 11.3 Å². The van der Waals surface area contributed by atoms with Crippen LogP contribution in [0.25, 0.3) is 49.4 Å². The minimum atomic E-state index is -0.133. The first kappa shape index (κ1) is 42.5. The second kappa shape index (κ2) is 14.1. The molecule has 2 aliphatic carbocycles. The van der Waals surface area contributed by atoms with Crippen LogP contribution in [0.2, 0.25) is 0 Å². The molecular weight excluding hydrogens is 894 g/mol. The first-order chi connectivity index (χ1) is 34.7. The van der Waals surface area contributed by atoms with Crippen LogP contribution in [0.3, 0.4) is 0 Å². The predicted molar refractivity (Wildman–Crippen MR) is 306 cm³/mol. The Morgan fingerprint density at radius 1 is 0.681 bits per heavy atom. The number of hydrogen-bond acceptors (Lipinski definition) is 5. The van der Waals surface area contributed by atoms with Crippen molar-refractivity contribution < 1.29 is 4.42 Å². The second-order valence-electron chi connectivity index (χ2n) is 23.5. The maximum absolute atomic E-state index is 6.66. The molecule has 0 radical (unpaired) electrons. The lowest BCUT2D eigenvalue weighted by Crippen LogP contribution is -2.60. The van der Waals surface area contributed by atoms with Crippen molar-refractivity contribution >= 4 is 106 Å². The Morgan fingerprint density at radius 2 is 1.39 bits per heavy atom. The van der Waals surface area contributed by atoms with Crippen molar-refractivity contribution in [3.63, 3.8) is 0 Å². The average molecular weight is 950 g/mol. The maximum Gasteiger partial charge on any atom is 0.264 e. The average Bonchev–Trinajstić information content (AvgIpc) is 4.05. The molecule has 0 amide bonds. The lowest BCUT2D eigenvalue weighted by molar-refractivity contribution is 0.195. The molecule has 0 N–H and O–H groups in total. The van der Waals surface area contributed by atoms with Crippen LogP contribution in [0.15, 0.2) is 138 Å². The number of para-hydroxylation sites is 1. The Morgan fingerprint density at radius 3 is 2.18 bits per heavy atom. The maximum atomic E-state index is 6.66. The number of fused-ring (bicyclic) bond motifs is 15. The van der Waals surface area contributed by atoms with E-state index in [0.29, 0.717) is 0 Å². The highest BCUT2D eigenvalue weighted by molar-refractivity contribution is 7.34. The van der Waals surface area contributed by atoms with E-state index in [2.05, 4.69) is 203 Å². The van der Waals surface area contributed by atoms with E-state index in [1.165, 1.54) is 123 Å². The third kappa shape index (κ3) is 5.10. The zero-order valence-corrected chi connectivity index (χ0v) is 43.2. The molecular formula is C66H56BN3OS. The van der Waals surface area contributed by atoms with Gasteiger partial charge in [-0.1, -0.05) is 133 Å². The van der Waals surface area contributed by atoms with E-state index in [1.807, 2.05) is 17.4 Å². The van der Waals surface area contributed by atoms with Crippen molar-refractivity contribution in [2.45, 2.75) is 103 Å². The van der Waals surface area contributed by atoms with Gasteiger partial charge in [-0.25, -0.2) is 0 Å². The number of benzene rings is 7. The van der Waals surface area contributed by atoms with Gasteiger partial charge in [0.25, 0.3) is 6.71 Å². The molecule has 2 unspecified atom stereocenters. The van der Waals surface area contributed by atoms with Crippen LogP contribution in [0.5, 0.6) is 0 Å². The summed E-state index contributed by atoms with van der Waals surface area (Å²) in [5.74, 6) is 3.48. The summed E-state index contributed by atoms with van der Waals surface area (Å²) in [4.78, 5) is 8.02. The standard InChI is InChI=1S/C66H56BN3OS/c1-10-11-27-53-38(2)56-48(24-19-28-54(56)71-53)68-49-25-18-26-50-60(49)67(46-35-44-51(37-52(46)68)70(66(9)34-17-16-33-65(44,66)8)40-31-29-39(30-32-40)63(3,4)5)62-61-59-55(72-62)36-45-57(41-20-12-14-22-43(41)64(45,6)7)58(59)42-21-13-15-23-47(42)69(50)61/h1,11-15,18-32,35-37H,16-17,33-34H2,2-9H3/b27-11-. The molecule has 1 fully saturated rings. The number of anilines is 8. The van der Waals surface area contributed by atoms with Gasteiger partial charge in [-0.2, -0.15) is 0 Å². The molecule has 6 heterocycles. The topological polar surface area (TPSA) is 22.9 Å². The van der Waals surface area contributed by atoms with Crippen molar-refractivity contribution in [3.05, 3.63) is 167 Å². The SMILES string of the molecule is C#C/C=C\c1oc2cccc(N3c4cc5c(cc4B4c6sc7cc8c(c9c7c6N(c6ccccc6-9)c6cccc3c64)-c3ccccc3C8(C)C)C3(C)CCCCC3(C)N5c3ccc(C(C)(C)C)cc3)c2c1C. The molecule has 15 rings (SSSR count). The number of furan rings is 1. The van der Waals surface area contributed by atoms with E-state index in [4.69, 9.17) is 10.8 Å². The largest absolute Gasteiger partial charge is 0.456 e. The van der Waals surface area contributed by atoms with Crippen molar-refractivity contribution in [3.8, 4) is 34.6 Å². The van der Waals surface area contributed by atoms with Gasteiger partial charge in [-0.3, -0.25) is 0 Å². The van der Waals surface area contributed by atoms with Crippen molar-refractivity contribution in [1.82, 2.24) is 0 Å². The Balaban J connectivity index is 1.06. The predicted octanol–water partition coefficient (Wildman–Crippen LogP) is 16.0. The molecule has 6 heteroatoms. The summed E-state index contributed by atoms with van der Waals surface area (Å²) in [6.07, 6.45) is 14.2. The first-order valence-electron chi connectivity index (χ1n) is 26.0. The molecule has 4 nitrogen and oxygen atoms in total. The van der Waals surface area contributed by atoms with E-state index < -0.39 is 0 Å². The van der Waals surface area contributed by atoms with Crippen LogP contribution in [0.1, 0.15) is 108 Å². The molecule has 7 aromatic carbocycles. The summed E-state index contributed by atoms with van der Waals surface area (Å²) < 4.78 is 9.47. The van der Waals surface area contributed by atoms with Gasteiger partial charge in [0.1, 0.15) is 11.3 Å². The van der Waals surface area contributed by atoms with Gasteiger partial charge >= 0.3 is 0 Å². The molecule has 1 saturated carbocycles. The van der Waals surface area contributed by atoms with Gasteiger partial charge in [0, 0.05) is 76.2 Å². The molecule has 6 aliphatic rings. The van der Waals surface area contributed by atoms with Gasteiger partial charge in [0.2, 0.25) is 0 Å². The van der Waals surface area contributed by atoms with Gasteiger partial charge < -0.3 is 19.1 Å². The Hall–Kier alpha value is -7.20. The van der Waals surface area contributed by atoms with Gasteiger partial charge in [0.05, 0.1) is 22.6 Å². The molecule has 72 heavy (non-hydrogen) atoms. The number of aryl methyl sites for hydroxylation is 1. The highest BCUT2D eigenvalue weighted by atomic mass is 32.1. The second-order valence-corrected chi connectivity index (χ2v) is 24.6. The van der Waals surface area contributed by atoms with E-state index >= 15 is 0 Å². The number of rotatable bonds is 3. The normalized spacial score (nSPS) is 20.3. The Labute approximate surface area is 427 Å². The lowest BCUT2D eigenvalue weighted by atomic mass is 9.36. The van der Waals surface area contributed by atoms with Crippen LogP contribution in [-0.4, -0.2) is 12.3 Å². The Bertz CT molecular complexity index is 3990. The minimum absolute atomic E-state index is 0.00184. The molecule has 2 atom stereocenters. The van der Waals surface area contributed by atoms with Crippen LogP contribution in [0.4, 0.5) is 45.5 Å². The van der Waals surface area contributed by atoms with E-state index in [1.54, 1.807) is 6.08 Å². The molecule has 0 bridgehead atoms. The Kier molecular flexibility index (Phi) is 8.29. The minimum Gasteiger partial charge on any atom is -0.456 e. The lowest BCUT2D eigenvalue weighted by Gasteiger charge is -2.50. The molecule has 0 spiro atoms. The zero-order valence-electron chi connectivity index (χ0n) is 42.4. The molecule has 9 aromatic rings. The fourth-order valence-corrected chi connectivity index (χ4v) is 16.3. The fraction of sp³-hybridized carbons (Fsp3) is 0.242. The molecule has 350 valence electrons. The van der Waals surface area contributed by atoms with Crippen molar-refractivity contribution in [2.75, 3.05) is 14.7 Å². The summed E-state index contributed by atoms with van der Waals surface area (Å²) >= 11 is 2.03. The van der Waals surface area contributed by atoms with Gasteiger partial charge in [0.15, 0.2) is 0 Å². The van der Waals surface area contributed by atoms with Crippen molar-refractivity contribution in [1.29, 1.82) is 0 Å². The number of nitrogens with zero attached hydrogens (tertiary/aromatic N) is 3. The monoisotopic (exact) mass is 949 g/mol. The third-order valence-corrected chi connectivity index (χ3v) is 19.8. The number of allylic oxidation sites excluding steroid dienone is 1. The first-order valence-corrected chi connectivity index (χ1v) is 26.9. The summed E-state index contributed by atoms with van der Waals surface area (Å²) in [6, 6.07) is 49.5. The summed E-state index contributed by atoms with van der Waals surface area (Å²) in [5, 5.41) is 2.49. The van der Waals surface area contributed by atoms with E-state index in [9.17, 15) is 0 Å². The number of thiophene rings is 1. The molecule has 4 aliphatic heterocycles.